The van der Waals surface area contributed by atoms with E-state index in [-0.39, 0.29) is 25.4 Å². The molecule has 0 bridgehead atoms. The van der Waals surface area contributed by atoms with E-state index in [1.165, 1.54) is 0 Å². The first-order valence-electron chi connectivity index (χ1n) is 5.45. The SMILES string of the molecule is CCN1C(=O)CC(N(CC(N)=O)CC(=O)O)C1=O. The molecule has 1 atom stereocenters. The fraction of sp³-hybridized carbons (Fsp3) is 0.600. The molecule has 0 aromatic carbocycles. The molecule has 3 amide bonds. The Kier molecular flexibility index (Phi) is 4.38. The van der Waals surface area contributed by atoms with Gasteiger partial charge >= 0.3 is 5.97 Å². The Bertz CT molecular complexity index is 379. The van der Waals surface area contributed by atoms with E-state index >= 15 is 0 Å². The van der Waals surface area contributed by atoms with Crippen molar-refractivity contribution in [2.24, 2.45) is 5.73 Å². The highest BCUT2D eigenvalue weighted by Gasteiger charge is 2.41. The predicted molar refractivity (Wildman–Crippen MR) is 59.2 cm³/mol. The second-order valence-electron chi connectivity index (χ2n) is 3.96. The number of nitrogens with zero attached hydrogens (tertiary/aromatic N) is 2. The average molecular weight is 257 g/mol. The van der Waals surface area contributed by atoms with Gasteiger partial charge in [-0.3, -0.25) is 29.0 Å². The zero-order chi connectivity index (χ0) is 13.9. The first-order valence-corrected chi connectivity index (χ1v) is 5.45. The molecule has 3 N–H and O–H groups in total. The van der Waals surface area contributed by atoms with Gasteiger partial charge in [0.25, 0.3) is 0 Å². The summed E-state index contributed by atoms with van der Waals surface area (Å²) in [6.07, 6.45) is -0.118. The molecule has 8 nitrogen and oxygen atoms in total. The molecule has 0 aliphatic carbocycles. The minimum absolute atomic E-state index is 0.118. The molecule has 0 radical (unpaired) electrons. The minimum Gasteiger partial charge on any atom is -0.480 e. The summed E-state index contributed by atoms with van der Waals surface area (Å²) in [5.74, 6) is -2.78. The molecule has 0 aromatic rings. The summed E-state index contributed by atoms with van der Waals surface area (Å²) in [7, 11) is 0. The Morgan fingerprint density at radius 3 is 2.44 bits per heavy atom. The monoisotopic (exact) mass is 257 g/mol. The average Bonchev–Trinajstić information content (AvgIpc) is 2.51. The summed E-state index contributed by atoms with van der Waals surface area (Å²) in [5.41, 5.74) is 5.00. The minimum atomic E-state index is -1.19. The van der Waals surface area contributed by atoms with Crippen molar-refractivity contribution in [1.82, 2.24) is 9.80 Å². The number of hydrogen-bond acceptors (Lipinski definition) is 5. The Morgan fingerprint density at radius 2 is 2.06 bits per heavy atom. The van der Waals surface area contributed by atoms with Crippen molar-refractivity contribution in [2.45, 2.75) is 19.4 Å². The van der Waals surface area contributed by atoms with Crippen LogP contribution in [0, 0.1) is 0 Å². The fourth-order valence-corrected chi connectivity index (χ4v) is 1.93. The van der Waals surface area contributed by atoms with Crippen LogP contribution in [0.2, 0.25) is 0 Å². The van der Waals surface area contributed by atoms with Gasteiger partial charge in [0.2, 0.25) is 17.7 Å². The van der Waals surface area contributed by atoms with Crippen LogP contribution in [0.25, 0.3) is 0 Å². The molecule has 1 fully saturated rings. The van der Waals surface area contributed by atoms with Crippen molar-refractivity contribution in [3.05, 3.63) is 0 Å². The summed E-state index contributed by atoms with van der Waals surface area (Å²) >= 11 is 0. The van der Waals surface area contributed by atoms with Crippen LogP contribution in [0.1, 0.15) is 13.3 Å². The van der Waals surface area contributed by atoms with Crippen LogP contribution in [0.15, 0.2) is 0 Å². The number of imide groups is 1. The standard InChI is InChI=1S/C10H15N3O5/c1-2-13-8(15)3-6(10(13)18)12(4-7(11)14)5-9(16)17/h6H,2-5H2,1H3,(H2,11,14)(H,16,17). The van der Waals surface area contributed by atoms with E-state index in [2.05, 4.69) is 0 Å². The molecule has 1 aliphatic rings. The first kappa shape index (κ1) is 14.1. The number of aliphatic carboxylic acids is 1. The molecule has 0 spiro atoms. The Hall–Kier alpha value is -1.96. The van der Waals surface area contributed by atoms with Crippen LogP contribution in [0.4, 0.5) is 0 Å². The number of likely N-dealkylation sites (N-methyl/N-ethyl adjacent to an activating group) is 1. The van der Waals surface area contributed by atoms with Gasteiger partial charge in [-0.25, -0.2) is 0 Å². The Labute approximate surface area is 103 Å². The second-order valence-corrected chi connectivity index (χ2v) is 3.96. The molecule has 1 rings (SSSR count). The highest BCUT2D eigenvalue weighted by molar-refractivity contribution is 6.05. The van der Waals surface area contributed by atoms with Crippen molar-refractivity contribution in [2.75, 3.05) is 19.6 Å². The van der Waals surface area contributed by atoms with E-state index in [0.717, 1.165) is 9.80 Å². The van der Waals surface area contributed by atoms with Gasteiger partial charge in [0, 0.05) is 6.54 Å². The maximum atomic E-state index is 11.9. The van der Waals surface area contributed by atoms with Crippen LogP contribution < -0.4 is 5.73 Å². The smallest absolute Gasteiger partial charge is 0.317 e. The van der Waals surface area contributed by atoms with E-state index in [9.17, 15) is 19.2 Å². The summed E-state index contributed by atoms with van der Waals surface area (Å²) in [6.45, 7) is 0.997. The third kappa shape index (κ3) is 3.04. The lowest BCUT2D eigenvalue weighted by atomic mass is 10.2. The van der Waals surface area contributed by atoms with Gasteiger partial charge in [-0.05, 0) is 6.92 Å². The van der Waals surface area contributed by atoms with Gasteiger partial charge < -0.3 is 10.8 Å². The quantitative estimate of drug-likeness (QED) is 0.531. The van der Waals surface area contributed by atoms with Crippen LogP contribution in [0.5, 0.6) is 0 Å². The number of primary amides is 1. The largest absolute Gasteiger partial charge is 0.480 e. The molecular formula is C10H15N3O5. The van der Waals surface area contributed by atoms with Crippen LogP contribution in [-0.2, 0) is 19.2 Å². The lowest BCUT2D eigenvalue weighted by Gasteiger charge is -2.23. The van der Waals surface area contributed by atoms with Gasteiger partial charge in [0.05, 0.1) is 25.6 Å². The van der Waals surface area contributed by atoms with Gasteiger partial charge in [0.1, 0.15) is 0 Å². The van der Waals surface area contributed by atoms with Crippen molar-refractivity contribution in [3.8, 4) is 0 Å². The number of rotatable bonds is 6. The zero-order valence-corrected chi connectivity index (χ0v) is 9.96. The highest BCUT2D eigenvalue weighted by Crippen LogP contribution is 2.18. The topological polar surface area (TPSA) is 121 Å². The van der Waals surface area contributed by atoms with Crippen LogP contribution >= 0.6 is 0 Å². The highest BCUT2D eigenvalue weighted by atomic mass is 16.4. The number of nitrogens with two attached hydrogens (primary N) is 1. The third-order valence-electron chi connectivity index (χ3n) is 2.67. The van der Waals surface area contributed by atoms with E-state index in [1.54, 1.807) is 6.92 Å². The fourth-order valence-electron chi connectivity index (χ4n) is 1.93. The van der Waals surface area contributed by atoms with Gasteiger partial charge in [0.15, 0.2) is 0 Å². The Morgan fingerprint density at radius 1 is 1.44 bits per heavy atom. The molecule has 18 heavy (non-hydrogen) atoms. The molecule has 8 heteroatoms. The maximum Gasteiger partial charge on any atom is 0.317 e. The molecule has 100 valence electrons. The number of carbonyl (C=O) groups is 4. The molecular weight excluding hydrogens is 242 g/mol. The lowest BCUT2D eigenvalue weighted by molar-refractivity contribution is -0.141. The number of carbonyl (C=O) groups excluding carboxylic acids is 3. The number of amides is 3. The molecule has 1 heterocycles. The van der Waals surface area contributed by atoms with E-state index in [0.29, 0.717) is 0 Å². The number of carboxylic acid groups (broad SMARTS) is 1. The molecule has 0 aromatic heterocycles. The van der Waals surface area contributed by atoms with Crippen molar-refractivity contribution in [3.63, 3.8) is 0 Å². The maximum absolute atomic E-state index is 11.9. The summed E-state index contributed by atoms with van der Waals surface area (Å²) in [4.78, 5) is 47.1. The summed E-state index contributed by atoms with van der Waals surface area (Å²) in [5, 5.41) is 8.73. The van der Waals surface area contributed by atoms with E-state index < -0.39 is 30.4 Å². The molecule has 1 aliphatic heterocycles. The van der Waals surface area contributed by atoms with E-state index in [4.69, 9.17) is 10.8 Å². The van der Waals surface area contributed by atoms with Crippen LogP contribution in [0.3, 0.4) is 0 Å². The van der Waals surface area contributed by atoms with Gasteiger partial charge in [-0.15, -0.1) is 0 Å². The zero-order valence-electron chi connectivity index (χ0n) is 9.96. The van der Waals surface area contributed by atoms with Crippen molar-refractivity contribution >= 4 is 23.7 Å². The first-order chi connectivity index (χ1) is 8.36. The normalized spacial score (nSPS) is 19.7. The van der Waals surface area contributed by atoms with E-state index in [1.807, 2.05) is 0 Å². The molecule has 0 saturated carbocycles. The van der Waals surface area contributed by atoms with Crippen molar-refractivity contribution in [1.29, 1.82) is 0 Å². The second kappa shape index (κ2) is 5.58. The molecule has 1 saturated heterocycles. The Balaban J connectivity index is 2.86. The lowest BCUT2D eigenvalue weighted by Crippen LogP contribution is -2.47. The van der Waals surface area contributed by atoms with Crippen LogP contribution in [-0.4, -0.2) is 64.3 Å². The van der Waals surface area contributed by atoms with Gasteiger partial charge in [-0.2, -0.15) is 0 Å². The predicted octanol–water partition coefficient (Wildman–Crippen LogP) is -1.99. The number of carboxylic acids is 1. The summed E-state index contributed by atoms with van der Waals surface area (Å²) < 4.78 is 0. The molecule has 1 unspecified atom stereocenters. The van der Waals surface area contributed by atoms with Crippen molar-refractivity contribution < 1.29 is 24.3 Å². The summed E-state index contributed by atoms with van der Waals surface area (Å²) in [6, 6.07) is -0.916. The number of hydrogen-bond donors (Lipinski definition) is 2. The van der Waals surface area contributed by atoms with Gasteiger partial charge in [-0.1, -0.05) is 0 Å². The third-order valence-corrected chi connectivity index (χ3v) is 2.67. The number of likely N-dealkylation sites (tertiary alicyclic amines) is 1.